The van der Waals surface area contributed by atoms with Crippen LogP contribution in [0.1, 0.15) is 129 Å². The Morgan fingerprint density at radius 2 is 0.766 bits per heavy atom. The topological polar surface area (TPSA) is 0 Å². The first-order valence-corrected chi connectivity index (χ1v) is 37.8. The third-order valence-corrected chi connectivity index (χ3v) is 64.7. The molecular formula is C48H49Cl2F12SiZr. The zero-order valence-corrected chi connectivity index (χ0v) is 41.2. The maximum atomic E-state index is 14.3. The molecule has 0 fully saturated rings. The van der Waals surface area contributed by atoms with E-state index in [1.807, 2.05) is 65.1 Å². The van der Waals surface area contributed by atoms with Gasteiger partial charge < -0.3 is 0 Å². The third-order valence-electron chi connectivity index (χ3n) is 12.8. The summed E-state index contributed by atoms with van der Waals surface area (Å²) in [5.74, 6) is -2.36. The minimum atomic E-state index is -5.81. The van der Waals surface area contributed by atoms with Gasteiger partial charge >= 0.3 is 377 Å². The summed E-state index contributed by atoms with van der Waals surface area (Å²) in [4.78, 5) is 0. The zero-order chi connectivity index (χ0) is 47.6. The number of benzene rings is 4. The van der Waals surface area contributed by atoms with Crippen molar-refractivity contribution in [1.29, 1.82) is 0 Å². The summed E-state index contributed by atoms with van der Waals surface area (Å²) in [6.45, 7) is 11.6. The molecule has 0 spiro atoms. The molecule has 0 heterocycles. The molecule has 2 aliphatic rings. The van der Waals surface area contributed by atoms with Crippen molar-refractivity contribution in [2.75, 3.05) is 0 Å². The molecule has 0 saturated heterocycles. The average molecular weight is 1040 g/mol. The van der Waals surface area contributed by atoms with Crippen molar-refractivity contribution < 1.29 is 68.2 Å². The molecule has 16 heteroatoms. The minimum absolute atomic E-state index is 0.105. The van der Waals surface area contributed by atoms with Crippen LogP contribution in [0, 0.1) is 0 Å². The molecule has 2 atom stereocenters. The van der Waals surface area contributed by atoms with E-state index in [2.05, 4.69) is 0 Å². The van der Waals surface area contributed by atoms with E-state index in [4.69, 9.17) is 17.0 Å². The van der Waals surface area contributed by atoms with Crippen molar-refractivity contribution >= 4 is 35.1 Å². The van der Waals surface area contributed by atoms with Crippen LogP contribution >= 0.6 is 17.0 Å². The zero-order valence-electron chi connectivity index (χ0n) is 36.1. The summed E-state index contributed by atoms with van der Waals surface area (Å²) < 4.78 is 171. The van der Waals surface area contributed by atoms with Gasteiger partial charge in [0, 0.05) is 0 Å². The van der Waals surface area contributed by atoms with Gasteiger partial charge in [-0.3, -0.25) is 0 Å². The van der Waals surface area contributed by atoms with Gasteiger partial charge in [0.25, 0.3) is 0 Å². The fraction of sp³-hybridized carbons (Fsp3) is 0.417. The van der Waals surface area contributed by atoms with Crippen LogP contribution in [0.4, 0.5) is 52.7 Å². The van der Waals surface area contributed by atoms with Crippen LogP contribution in [0.25, 0.3) is 34.4 Å². The summed E-state index contributed by atoms with van der Waals surface area (Å²) in [6.07, 6.45) is -12.9. The van der Waals surface area contributed by atoms with Crippen molar-refractivity contribution in [3.8, 4) is 22.3 Å². The first-order valence-electron chi connectivity index (χ1n) is 21.5. The van der Waals surface area contributed by atoms with E-state index >= 15 is 0 Å². The molecule has 0 amide bonds. The third kappa shape index (κ3) is 9.25. The van der Waals surface area contributed by atoms with Crippen LogP contribution in [0.15, 0.2) is 71.8 Å². The Labute approximate surface area is 374 Å². The molecule has 0 aliphatic heterocycles. The Hall–Kier alpha value is -2.80. The number of hydrogen-bond donors (Lipinski definition) is 0. The van der Waals surface area contributed by atoms with Gasteiger partial charge in [-0.25, -0.2) is 0 Å². The first-order chi connectivity index (χ1) is 29.6. The van der Waals surface area contributed by atoms with E-state index in [9.17, 15) is 52.7 Å². The molecule has 6 rings (SSSR count). The monoisotopic (exact) mass is 1040 g/mol. The Bertz CT molecular complexity index is 2260. The van der Waals surface area contributed by atoms with Crippen LogP contribution in [0.5, 0.6) is 0 Å². The van der Waals surface area contributed by atoms with Crippen LogP contribution in [0.2, 0.25) is 13.1 Å². The molecule has 2 aliphatic carbocycles. The van der Waals surface area contributed by atoms with Crippen molar-refractivity contribution in [2.24, 2.45) is 0 Å². The molecular weight excluding hydrogens is 995 g/mol. The molecule has 2 unspecified atom stereocenters. The van der Waals surface area contributed by atoms with Crippen molar-refractivity contribution in [3.63, 3.8) is 0 Å². The fourth-order valence-electron chi connectivity index (χ4n) is 10.1. The molecule has 4 aromatic carbocycles. The van der Waals surface area contributed by atoms with Gasteiger partial charge in [-0.05, 0) is 0 Å². The van der Waals surface area contributed by atoms with E-state index in [-0.39, 0.29) is 34.4 Å². The Morgan fingerprint density at radius 3 is 1.02 bits per heavy atom. The van der Waals surface area contributed by atoms with Crippen LogP contribution < -0.4 is 0 Å². The van der Waals surface area contributed by atoms with Gasteiger partial charge in [-0.15, -0.1) is 0 Å². The van der Waals surface area contributed by atoms with Gasteiger partial charge in [-0.1, -0.05) is 0 Å². The molecule has 0 nitrogen and oxygen atoms in total. The van der Waals surface area contributed by atoms with E-state index in [0.717, 1.165) is 35.4 Å². The van der Waals surface area contributed by atoms with Crippen LogP contribution in [-0.2, 0) is 53.1 Å². The van der Waals surface area contributed by atoms with E-state index < -0.39 is 75.7 Å². The summed E-state index contributed by atoms with van der Waals surface area (Å²) in [6, 6.07) is 10.4. The molecule has 64 heavy (non-hydrogen) atoms. The summed E-state index contributed by atoms with van der Waals surface area (Å²) in [5, 5.41) is 0. The van der Waals surface area contributed by atoms with E-state index in [0.29, 0.717) is 84.7 Å². The van der Waals surface area contributed by atoms with E-state index in [1.165, 1.54) is 0 Å². The first kappa shape index (κ1) is 50.6. The number of alkyl halides is 12. The standard InChI is InChI=1S/2C23H21F6.C2H7Si.2ClH.Zr/c2*1-3-5-14-9-16-8-7-15(6-4-2)21(20(16)10-14)17-11-18(22(24,25)26)13-19(12-17)23(27,28)29;1-3-2;;;/h2*7-13H,3-6H2,1-2H3;3H,1-2H3;2*1H;/q;;;;;+2/p-2. The number of aryl methyl sites for hydroxylation is 2. The Kier molecular flexibility index (Phi) is 14.3. The van der Waals surface area contributed by atoms with Gasteiger partial charge in [0.2, 0.25) is 0 Å². The summed E-state index contributed by atoms with van der Waals surface area (Å²) in [7, 11) is 17.1. The number of allylic oxidation sites excluding steroid dienone is 2. The van der Waals surface area contributed by atoms with Crippen molar-refractivity contribution in [1.82, 2.24) is 0 Å². The predicted molar refractivity (Wildman–Crippen MR) is 234 cm³/mol. The second kappa shape index (κ2) is 18.0. The van der Waals surface area contributed by atoms with Crippen LogP contribution in [-0.4, -0.2) is 5.92 Å². The summed E-state index contributed by atoms with van der Waals surface area (Å²) >= 11 is -5.81. The second-order valence-corrected chi connectivity index (χ2v) is 60.0. The van der Waals surface area contributed by atoms with Crippen LogP contribution in [0.3, 0.4) is 0 Å². The molecule has 0 bridgehead atoms. The molecule has 347 valence electrons. The number of hydrogen-bond acceptors (Lipinski definition) is 0. The average Bonchev–Trinajstić information content (AvgIpc) is 3.76. The van der Waals surface area contributed by atoms with Gasteiger partial charge in [0.1, 0.15) is 0 Å². The molecule has 0 radical (unpaired) electrons. The van der Waals surface area contributed by atoms with Crippen molar-refractivity contribution in [3.05, 3.63) is 127 Å². The fourth-order valence-corrected chi connectivity index (χ4v) is 41.6. The number of rotatable bonds is 13. The molecule has 0 N–H and O–H groups in total. The second-order valence-electron chi connectivity index (χ2n) is 17.5. The van der Waals surface area contributed by atoms with Gasteiger partial charge in [-0.2, -0.15) is 0 Å². The maximum absolute atomic E-state index is 14.3. The summed E-state index contributed by atoms with van der Waals surface area (Å²) in [5.41, 5.74) is -1.03. The van der Waals surface area contributed by atoms with Gasteiger partial charge in [0.15, 0.2) is 0 Å². The Morgan fingerprint density at radius 1 is 0.469 bits per heavy atom. The Balaban J connectivity index is 1.70. The molecule has 4 aromatic rings. The van der Waals surface area contributed by atoms with Gasteiger partial charge in [0.05, 0.1) is 0 Å². The van der Waals surface area contributed by atoms with Crippen molar-refractivity contribution in [2.45, 2.75) is 124 Å². The predicted octanol–water partition coefficient (Wildman–Crippen LogP) is 18.2. The normalized spacial score (nSPS) is 17.6. The van der Waals surface area contributed by atoms with E-state index in [1.54, 1.807) is 12.1 Å². The quantitative estimate of drug-likeness (QED) is 0.0925. The number of halogens is 14. The number of fused-ring (bicyclic) bond motifs is 2. The molecule has 0 aromatic heterocycles. The molecule has 0 saturated carbocycles. The SMILES string of the molecule is CCCC1=Cc2c(ccc(CCC)c2-c2cc(C(F)(F)F)cc(C(F)(F)F)c2)[CH]1[Zr]([Cl])([Cl])([CH]1C(CCC)=Cc2c1ccc(CCC)c2-c1cc(C(F)(F)F)cc(C(F)(F)F)c1)[SiH](C)C.